The average molecular weight is 658 g/mol. The first-order chi connectivity index (χ1) is 21.0. The number of carbonyl (C=O) groups is 1. The maximum atomic E-state index is 14.4. The average Bonchev–Trinajstić information content (AvgIpc) is 3.55. The first kappa shape index (κ1) is 32.8. The summed E-state index contributed by atoms with van der Waals surface area (Å²) in [4.78, 5) is 15.4. The molecule has 1 aromatic heterocycles. The fourth-order valence-electron chi connectivity index (χ4n) is 4.95. The van der Waals surface area contributed by atoms with Crippen LogP contribution in [0, 0.1) is 0 Å². The summed E-state index contributed by atoms with van der Waals surface area (Å²) in [6.07, 6.45) is -5.20. The van der Waals surface area contributed by atoms with Crippen molar-refractivity contribution in [2.75, 3.05) is 6.61 Å². The van der Waals surface area contributed by atoms with Crippen molar-refractivity contribution in [3.8, 4) is 16.3 Å². The Bertz CT molecular complexity index is 1670. The van der Waals surface area contributed by atoms with Crippen LogP contribution in [-0.2, 0) is 27.8 Å². The van der Waals surface area contributed by atoms with Gasteiger partial charge in [0, 0.05) is 15.4 Å². The summed E-state index contributed by atoms with van der Waals surface area (Å²) in [5, 5.41) is 9.26. The fourth-order valence-corrected chi connectivity index (χ4v) is 6.91. The van der Waals surface area contributed by atoms with Crippen LogP contribution in [0.5, 0.6) is 5.75 Å². The van der Waals surface area contributed by atoms with E-state index in [-0.39, 0.29) is 17.1 Å². The molecule has 3 aromatic carbocycles. The zero-order valence-corrected chi connectivity index (χ0v) is 27.4. The van der Waals surface area contributed by atoms with Crippen LogP contribution in [0.15, 0.2) is 82.6 Å². The zero-order valence-electron chi connectivity index (χ0n) is 25.8. The molecular formula is C33H34F3N3O4S2. The molecule has 238 valence electrons. The van der Waals surface area contributed by atoms with E-state index in [1.165, 1.54) is 11.0 Å². The Hall–Kier alpha value is -3.61. The van der Waals surface area contributed by atoms with Gasteiger partial charge in [0.25, 0.3) is 0 Å². The number of hydrogen-bond donors (Lipinski definition) is 0. The predicted octanol–water partition coefficient (Wildman–Crippen LogP) is 9.17. The predicted molar refractivity (Wildman–Crippen MR) is 167 cm³/mol. The Labute approximate surface area is 268 Å². The van der Waals surface area contributed by atoms with Crippen LogP contribution < -0.4 is 4.74 Å². The number of rotatable bonds is 7. The maximum absolute atomic E-state index is 14.4. The third kappa shape index (κ3) is 7.45. The van der Waals surface area contributed by atoms with E-state index >= 15 is 0 Å². The third-order valence-electron chi connectivity index (χ3n) is 7.01. The topological polar surface area (TPSA) is 73.8 Å². The highest BCUT2D eigenvalue weighted by atomic mass is 32.2. The van der Waals surface area contributed by atoms with E-state index in [1.54, 1.807) is 71.9 Å². The minimum atomic E-state index is -4.61. The van der Waals surface area contributed by atoms with Crippen molar-refractivity contribution in [3.63, 3.8) is 0 Å². The van der Waals surface area contributed by atoms with Gasteiger partial charge >= 0.3 is 12.3 Å². The molecule has 1 saturated heterocycles. The largest absolute Gasteiger partial charge is 0.489 e. The quantitative estimate of drug-likeness (QED) is 0.196. The van der Waals surface area contributed by atoms with E-state index in [2.05, 4.69) is 10.2 Å². The van der Waals surface area contributed by atoms with E-state index < -0.39 is 34.7 Å². The summed E-state index contributed by atoms with van der Waals surface area (Å²) < 4.78 is 60.6. The lowest BCUT2D eigenvalue weighted by Crippen LogP contribution is -2.54. The van der Waals surface area contributed by atoms with Crippen LogP contribution in [0.4, 0.5) is 18.0 Å². The number of aromatic nitrogens is 2. The molecule has 7 nitrogen and oxygen atoms in total. The molecule has 1 fully saturated rings. The molecule has 45 heavy (non-hydrogen) atoms. The van der Waals surface area contributed by atoms with Crippen LogP contribution in [0.1, 0.15) is 57.7 Å². The number of amides is 1. The van der Waals surface area contributed by atoms with Crippen molar-refractivity contribution in [1.29, 1.82) is 0 Å². The number of carbonyl (C=O) groups excluding carboxylic acids is 1. The third-order valence-corrected chi connectivity index (χ3v) is 9.30. The molecule has 0 aliphatic carbocycles. The molecule has 1 aliphatic rings. The molecule has 0 saturated carbocycles. The normalized spacial score (nSPS) is 18.2. The summed E-state index contributed by atoms with van der Waals surface area (Å²) in [5.74, 6) is 0.559. The lowest BCUT2D eigenvalue weighted by atomic mass is 10.0. The van der Waals surface area contributed by atoms with Gasteiger partial charge in [-0.2, -0.15) is 13.2 Å². The minimum absolute atomic E-state index is 0.0465. The number of halogens is 3. The molecule has 1 amide bonds. The number of alkyl halides is 3. The highest BCUT2D eigenvalue weighted by Crippen LogP contribution is 2.46. The number of ether oxygens (including phenoxy) is 3. The highest BCUT2D eigenvalue weighted by molar-refractivity contribution is 7.99. The van der Waals surface area contributed by atoms with Crippen molar-refractivity contribution in [1.82, 2.24) is 15.1 Å². The number of benzene rings is 3. The van der Waals surface area contributed by atoms with Gasteiger partial charge < -0.3 is 14.2 Å². The molecule has 1 atom stereocenters. The molecule has 2 heterocycles. The van der Waals surface area contributed by atoms with Crippen LogP contribution in [-0.4, -0.2) is 39.1 Å². The first-order valence-electron chi connectivity index (χ1n) is 14.2. The van der Waals surface area contributed by atoms with Gasteiger partial charge in [0.05, 0.1) is 12.2 Å². The fraction of sp³-hybridized carbons (Fsp3) is 0.364. The van der Waals surface area contributed by atoms with Crippen molar-refractivity contribution < 1.29 is 32.2 Å². The lowest BCUT2D eigenvalue weighted by Gasteiger charge is -2.39. The van der Waals surface area contributed by atoms with Crippen LogP contribution in [0.3, 0.4) is 0 Å². The summed E-state index contributed by atoms with van der Waals surface area (Å²) in [7, 11) is 0. The molecule has 1 aliphatic heterocycles. The molecule has 4 aromatic rings. The Morgan fingerprint density at radius 2 is 1.73 bits per heavy atom. The molecule has 5 rings (SSSR count). The highest BCUT2D eigenvalue weighted by Gasteiger charge is 2.55. The lowest BCUT2D eigenvalue weighted by molar-refractivity contribution is -0.139. The van der Waals surface area contributed by atoms with Gasteiger partial charge in [-0.3, -0.25) is 4.90 Å². The molecule has 0 bridgehead atoms. The van der Waals surface area contributed by atoms with E-state index in [9.17, 15) is 18.0 Å². The Kier molecular flexibility index (Phi) is 8.96. The van der Waals surface area contributed by atoms with E-state index in [1.807, 2.05) is 30.3 Å². The maximum Gasteiger partial charge on any atom is 0.417 e. The minimum Gasteiger partial charge on any atom is -0.489 e. The van der Waals surface area contributed by atoms with Gasteiger partial charge in [-0.1, -0.05) is 65.6 Å². The summed E-state index contributed by atoms with van der Waals surface area (Å²) in [6, 6.07) is 20.7. The van der Waals surface area contributed by atoms with Gasteiger partial charge in [-0.25, -0.2) is 4.79 Å². The summed E-state index contributed by atoms with van der Waals surface area (Å²) >= 11 is 2.12. The van der Waals surface area contributed by atoms with Gasteiger partial charge in [0.1, 0.15) is 39.2 Å². The number of hydrogen-bond acceptors (Lipinski definition) is 8. The second-order valence-corrected chi connectivity index (χ2v) is 14.4. The van der Waals surface area contributed by atoms with Gasteiger partial charge in [-0.15, -0.1) is 10.2 Å². The van der Waals surface area contributed by atoms with Crippen molar-refractivity contribution >= 4 is 29.2 Å². The molecular weight excluding hydrogens is 624 g/mol. The Morgan fingerprint density at radius 3 is 2.42 bits per heavy atom. The van der Waals surface area contributed by atoms with Crippen molar-refractivity contribution in [2.45, 2.75) is 81.0 Å². The Morgan fingerprint density at radius 1 is 1.00 bits per heavy atom. The monoisotopic (exact) mass is 657 g/mol. The van der Waals surface area contributed by atoms with E-state index in [0.29, 0.717) is 27.3 Å². The number of nitrogens with zero attached hydrogens (tertiary/aromatic N) is 3. The van der Waals surface area contributed by atoms with Crippen LogP contribution in [0.2, 0.25) is 0 Å². The van der Waals surface area contributed by atoms with Crippen molar-refractivity contribution in [3.05, 3.63) is 88.9 Å². The van der Waals surface area contributed by atoms with Crippen LogP contribution >= 0.6 is 23.1 Å². The molecule has 0 spiro atoms. The van der Waals surface area contributed by atoms with Gasteiger partial charge in [0.2, 0.25) is 0 Å². The standard InChI is InChI=1S/C33H34F3N3O4S2/c1-30(2,3)43-29(40)39-31(4,5)42-20-32(39,6)28-38-37-27(45-28)22-15-16-26(25(17-22)33(34,35)36)44-24-14-10-13-23(18-24)41-19-21-11-8-7-9-12-21/h7-18H,19-20H2,1-6H3/t32-/m1/s1. The molecule has 0 radical (unpaired) electrons. The summed E-state index contributed by atoms with van der Waals surface area (Å²) in [6.45, 7) is 11.1. The smallest absolute Gasteiger partial charge is 0.417 e. The van der Waals surface area contributed by atoms with E-state index in [4.69, 9.17) is 14.2 Å². The SMILES string of the molecule is CC(C)(C)OC(=O)N1C(C)(C)OC[C@]1(C)c1nnc(-c2ccc(Sc3cccc(OCc4ccccc4)c3)c(C(F)(F)F)c2)s1. The van der Waals surface area contributed by atoms with E-state index in [0.717, 1.165) is 34.7 Å². The van der Waals surface area contributed by atoms with Crippen LogP contribution in [0.25, 0.3) is 10.6 Å². The molecule has 0 unspecified atom stereocenters. The van der Waals surface area contributed by atoms with Gasteiger partial charge in [0.15, 0.2) is 0 Å². The Balaban J connectivity index is 1.40. The van der Waals surface area contributed by atoms with Crippen molar-refractivity contribution in [2.24, 2.45) is 0 Å². The first-order valence-corrected chi connectivity index (χ1v) is 15.9. The second kappa shape index (κ2) is 12.3. The molecule has 12 heteroatoms. The van der Waals surface area contributed by atoms with Gasteiger partial charge in [-0.05, 0) is 77.4 Å². The zero-order chi connectivity index (χ0) is 32.6. The second-order valence-electron chi connectivity index (χ2n) is 12.3. The summed E-state index contributed by atoms with van der Waals surface area (Å²) in [5.41, 5.74) is -2.33. The molecule has 0 N–H and O–H groups in total.